The maximum Gasteiger partial charge on any atom is 0.135 e. The van der Waals surface area contributed by atoms with Crippen molar-refractivity contribution >= 4 is 29.0 Å². The molecule has 0 heterocycles. The van der Waals surface area contributed by atoms with Gasteiger partial charge in [-0.25, -0.2) is 0 Å². The summed E-state index contributed by atoms with van der Waals surface area (Å²) in [6, 6.07) is 5.71. The van der Waals surface area contributed by atoms with Crippen LogP contribution < -0.4 is 0 Å². The Labute approximate surface area is 106 Å². The normalized spacial score (nSPS) is 25.1. The van der Waals surface area contributed by atoms with Gasteiger partial charge in [0.2, 0.25) is 0 Å². The Morgan fingerprint density at radius 1 is 1.31 bits per heavy atom. The van der Waals surface area contributed by atoms with Crippen molar-refractivity contribution in [3.8, 4) is 0 Å². The van der Waals surface area contributed by atoms with E-state index in [0.29, 0.717) is 21.7 Å². The first-order valence-corrected chi connectivity index (χ1v) is 6.30. The Morgan fingerprint density at radius 2 is 2.06 bits per heavy atom. The minimum absolute atomic E-state index is 0.189. The quantitative estimate of drug-likeness (QED) is 0.777. The van der Waals surface area contributed by atoms with E-state index < -0.39 is 0 Å². The molecule has 0 amide bonds. The second-order valence-electron chi connectivity index (χ2n) is 4.51. The molecular formula is C13H14Cl2O. The smallest absolute Gasteiger partial charge is 0.135 e. The summed E-state index contributed by atoms with van der Waals surface area (Å²) in [6.07, 6.45) is 2.65. The minimum Gasteiger partial charge on any atom is -0.299 e. The zero-order valence-electron chi connectivity index (χ0n) is 9.17. The average Bonchev–Trinajstić information content (AvgIpc) is 2.55. The third-order valence-electron chi connectivity index (χ3n) is 3.46. The molecule has 2 unspecified atom stereocenters. The summed E-state index contributed by atoms with van der Waals surface area (Å²) in [6.45, 7) is 2.03. The maximum atomic E-state index is 11.4. The number of rotatable bonds is 2. The summed E-state index contributed by atoms with van der Waals surface area (Å²) in [5.41, 5.74) is 1.17. The van der Waals surface area contributed by atoms with Crippen LogP contribution in [0.3, 0.4) is 0 Å². The first-order chi connectivity index (χ1) is 7.58. The lowest BCUT2D eigenvalue weighted by molar-refractivity contribution is -0.120. The summed E-state index contributed by atoms with van der Waals surface area (Å²) in [7, 11) is 0. The van der Waals surface area contributed by atoms with Crippen molar-refractivity contribution in [2.24, 2.45) is 11.8 Å². The number of carbonyl (C=O) groups excluding carboxylic acids is 1. The van der Waals surface area contributed by atoms with Crippen molar-refractivity contribution in [3.63, 3.8) is 0 Å². The van der Waals surface area contributed by atoms with Gasteiger partial charge in [-0.1, -0.05) is 36.2 Å². The molecule has 2 rings (SSSR count). The van der Waals surface area contributed by atoms with Crippen LogP contribution in [0.5, 0.6) is 0 Å². The summed E-state index contributed by atoms with van der Waals surface area (Å²) in [5.74, 6) is 1.05. The fraction of sp³-hybridized carbons (Fsp3) is 0.462. The second kappa shape index (κ2) is 4.77. The van der Waals surface area contributed by atoms with E-state index in [1.165, 1.54) is 5.56 Å². The Balaban J connectivity index is 2.09. The van der Waals surface area contributed by atoms with E-state index in [4.69, 9.17) is 23.2 Å². The topological polar surface area (TPSA) is 17.1 Å². The molecule has 0 spiro atoms. The summed E-state index contributed by atoms with van der Waals surface area (Å²) in [4.78, 5) is 11.4. The highest BCUT2D eigenvalue weighted by molar-refractivity contribution is 6.42. The molecule has 1 aromatic carbocycles. The van der Waals surface area contributed by atoms with Gasteiger partial charge in [0.25, 0.3) is 0 Å². The molecule has 1 aliphatic carbocycles. The number of hydrogen-bond donors (Lipinski definition) is 0. The van der Waals surface area contributed by atoms with Crippen molar-refractivity contribution in [1.82, 2.24) is 0 Å². The van der Waals surface area contributed by atoms with Crippen LogP contribution >= 0.6 is 23.2 Å². The van der Waals surface area contributed by atoms with Crippen molar-refractivity contribution in [2.75, 3.05) is 0 Å². The average molecular weight is 257 g/mol. The van der Waals surface area contributed by atoms with Crippen molar-refractivity contribution < 1.29 is 4.79 Å². The van der Waals surface area contributed by atoms with Gasteiger partial charge < -0.3 is 0 Å². The lowest BCUT2D eigenvalue weighted by atomic mass is 9.91. The molecule has 1 aliphatic rings. The predicted molar refractivity (Wildman–Crippen MR) is 67.1 cm³/mol. The van der Waals surface area contributed by atoms with E-state index in [1.54, 1.807) is 0 Å². The van der Waals surface area contributed by atoms with Crippen LogP contribution in [-0.2, 0) is 11.2 Å². The van der Waals surface area contributed by atoms with Crippen LogP contribution in [0.4, 0.5) is 0 Å². The van der Waals surface area contributed by atoms with Crippen LogP contribution in [0.2, 0.25) is 10.0 Å². The van der Waals surface area contributed by atoms with Gasteiger partial charge >= 0.3 is 0 Å². The van der Waals surface area contributed by atoms with Gasteiger partial charge in [-0.15, -0.1) is 0 Å². The number of carbonyl (C=O) groups is 1. The number of hydrogen-bond acceptors (Lipinski definition) is 1. The van der Waals surface area contributed by atoms with Crippen LogP contribution in [0.15, 0.2) is 18.2 Å². The van der Waals surface area contributed by atoms with E-state index >= 15 is 0 Å². The Kier molecular flexibility index (Phi) is 3.56. The Bertz CT molecular complexity index is 414. The highest BCUT2D eigenvalue weighted by Crippen LogP contribution is 2.32. The van der Waals surface area contributed by atoms with Crippen molar-refractivity contribution in [3.05, 3.63) is 33.8 Å². The summed E-state index contributed by atoms with van der Waals surface area (Å²) < 4.78 is 0. The third-order valence-corrected chi connectivity index (χ3v) is 4.20. The zero-order valence-corrected chi connectivity index (χ0v) is 10.7. The first-order valence-electron chi connectivity index (χ1n) is 5.54. The molecule has 0 N–H and O–H groups in total. The minimum atomic E-state index is 0.189. The lowest BCUT2D eigenvalue weighted by Crippen LogP contribution is -2.12. The Hall–Kier alpha value is -0.530. The number of Topliss-reactive ketones (excluding diaryl/α,β-unsaturated/α-hetero) is 1. The predicted octanol–water partition coefficient (Wildman–Crippen LogP) is 4.15. The molecule has 1 nitrogen and oxygen atoms in total. The number of halogens is 2. The second-order valence-corrected chi connectivity index (χ2v) is 5.32. The highest BCUT2D eigenvalue weighted by Gasteiger charge is 2.30. The van der Waals surface area contributed by atoms with Gasteiger partial charge in [-0.2, -0.15) is 0 Å². The molecule has 0 saturated heterocycles. The van der Waals surface area contributed by atoms with Crippen molar-refractivity contribution in [2.45, 2.75) is 26.2 Å². The molecule has 0 aromatic heterocycles. The van der Waals surface area contributed by atoms with E-state index in [-0.39, 0.29) is 5.92 Å². The van der Waals surface area contributed by atoms with Crippen LogP contribution in [0, 0.1) is 11.8 Å². The summed E-state index contributed by atoms with van der Waals surface area (Å²) in [5, 5.41) is 1.18. The summed E-state index contributed by atoms with van der Waals surface area (Å²) >= 11 is 11.8. The molecule has 1 aromatic rings. The molecular weight excluding hydrogens is 243 g/mol. The Morgan fingerprint density at radius 3 is 2.62 bits per heavy atom. The van der Waals surface area contributed by atoms with Gasteiger partial charge in [-0.3, -0.25) is 4.79 Å². The third kappa shape index (κ3) is 2.41. The molecule has 16 heavy (non-hydrogen) atoms. The SMILES string of the molecule is CC1C(=O)CCC1Cc1ccc(Cl)c(Cl)c1. The van der Waals surface area contributed by atoms with E-state index in [2.05, 4.69) is 0 Å². The van der Waals surface area contributed by atoms with Crippen LogP contribution in [0.1, 0.15) is 25.3 Å². The molecule has 86 valence electrons. The van der Waals surface area contributed by atoms with Gasteiger partial charge in [0.15, 0.2) is 0 Å². The van der Waals surface area contributed by atoms with Gasteiger partial charge in [0.1, 0.15) is 5.78 Å². The first kappa shape index (κ1) is 11.9. The molecule has 0 aliphatic heterocycles. The molecule has 2 atom stereocenters. The molecule has 1 fully saturated rings. The number of ketones is 1. The molecule has 0 bridgehead atoms. The van der Waals surface area contributed by atoms with Gasteiger partial charge in [0, 0.05) is 12.3 Å². The van der Waals surface area contributed by atoms with E-state index in [0.717, 1.165) is 19.3 Å². The largest absolute Gasteiger partial charge is 0.299 e. The molecule has 0 radical (unpaired) electrons. The van der Waals surface area contributed by atoms with Crippen LogP contribution in [-0.4, -0.2) is 5.78 Å². The lowest BCUT2D eigenvalue weighted by Gasteiger charge is -2.14. The standard InChI is InChI=1S/C13H14Cl2O/c1-8-10(3-5-13(8)16)6-9-2-4-11(14)12(15)7-9/h2,4,7-8,10H,3,5-6H2,1H3. The van der Waals surface area contributed by atoms with E-state index in [1.807, 2.05) is 25.1 Å². The molecule has 3 heteroatoms. The zero-order chi connectivity index (χ0) is 11.7. The fourth-order valence-corrected chi connectivity index (χ4v) is 2.64. The molecule has 1 saturated carbocycles. The number of benzene rings is 1. The fourth-order valence-electron chi connectivity index (χ4n) is 2.32. The van der Waals surface area contributed by atoms with E-state index in [9.17, 15) is 4.79 Å². The highest BCUT2D eigenvalue weighted by atomic mass is 35.5. The van der Waals surface area contributed by atoms with Crippen molar-refractivity contribution in [1.29, 1.82) is 0 Å². The van der Waals surface area contributed by atoms with Gasteiger partial charge in [-0.05, 0) is 36.5 Å². The monoisotopic (exact) mass is 256 g/mol. The van der Waals surface area contributed by atoms with Crippen LogP contribution in [0.25, 0.3) is 0 Å². The maximum absolute atomic E-state index is 11.4. The van der Waals surface area contributed by atoms with Gasteiger partial charge in [0.05, 0.1) is 10.0 Å².